The van der Waals surface area contributed by atoms with E-state index in [1.807, 2.05) is 6.07 Å². The molecule has 29 heavy (non-hydrogen) atoms. The van der Waals surface area contributed by atoms with Crippen LogP contribution in [0.2, 0.25) is 0 Å². The number of hydrogen-bond donors (Lipinski definition) is 0. The number of carbonyl (C=O) groups is 1. The second-order valence-corrected chi connectivity index (χ2v) is 6.43. The van der Waals surface area contributed by atoms with E-state index >= 15 is 0 Å². The van der Waals surface area contributed by atoms with Gasteiger partial charge in [0.2, 0.25) is 5.75 Å². The summed E-state index contributed by atoms with van der Waals surface area (Å²) in [4.78, 5) is 25.0. The topological polar surface area (TPSA) is 106 Å². The second-order valence-electron chi connectivity index (χ2n) is 6.43. The van der Waals surface area contributed by atoms with Gasteiger partial charge in [0.15, 0.2) is 0 Å². The van der Waals surface area contributed by atoms with Gasteiger partial charge in [0.25, 0.3) is 5.91 Å². The normalized spacial score (nSPS) is 13.7. The van der Waals surface area contributed by atoms with Crippen molar-refractivity contribution in [2.75, 3.05) is 20.2 Å². The van der Waals surface area contributed by atoms with E-state index in [9.17, 15) is 20.2 Å². The molecule has 1 fully saturated rings. The van der Waals surface area contributed by atoms with Crippen LogP contribution in [0.4, 0.5) is 5.69 Å². The van der Waals surface area contributed by atoms with Crippen molar-refractivity contribution in [2.45, 2.75) is 12.8 Å². The van der Waals surface area contributed by atoms with E-state index in [4.69, 9.17) is 9.47 Å². The lowest BCUT2D eigenvalue weighted by atomic mass is 10.1. The number of nitro benzene ring substituents is 1. The van der Waals surface area contributed by atoms with Gasteiger partial charge in [0.05, 0.1) is 12.0 Å². The summed E-state index contributed by atoms with van der Waals surface area (Å²) in [6.07, 6.45) is 3.19. The minimum absolute atomic E-state index is 0.0509. The summed E-state index contributed by atoms with van der Waals surface area (Å²) in [6.45, 7) is 1.24. The van der Waals surface area contributed by atoms with E-state index in [1.165, 1.54) is 25.3 Å². The predicted molar refractivity (Wildman–Crippen MR) is 106 cm³/mol. The molecule has 1 aliphatic heterocycles. The van der Waals surface area contributed by atoms with Crippen molar-refractivity contribution in [3.8, 4) is 23.3 Å². The van der Waals surface area contributed by atoms with Crippen LogP contribution in [0.1, 0.15) is 18.4 Å². The quantitative estimate of drug-likeness (QED) is 0.319. The van der Waals surface area contributed by atoms with Gasteiger partial charge in [0.1, 0.15) is 23.1 Å². The molecule has 2 aromatic carbocycles. The van der Waals surface area contributed by atoms with Crippen LogP contribution in [0.3, 0.4) is 0 Å². The fourth-order valence-electron chi connectivity index (χ4n) is 3.02. The molecule has 0 bridgehead atoms. The molecule has 0 aliphatic carbocycles. The smallest absolute Gasteiger partial charge is 0.312 e. The molecular formula is C21H19N3O5. The van der Waals surface area contributed by atoms with Crippen LogP contribution in [0.5, 0.6) is 17.2 Å². The van der Waals surface area contributed by atoms with Gasteiger partial charge in [-0.2, -0.15) is 5.26 Å². The lowest BCUT2D eigenvalue weighted by Crippen LogP contribution is -2.28. The van der Waals surface area contributed by atoms with Gasteiger partial charge < -0.3 is 14.4 Å². The molecule has 8 nitrogen and oxygen atoms in total. The Kier molecular flexibility index (Phi) is 6.09. The number of rotatable bonds is 6. The second kappa shape index (κ2) is 8.89. The first-order valence-corrected chi connectivity index (χ1v) is 9.03. The fourth-order valence-corrected chi connectivity index (χ4v) is 3.02. The molecule has 0 saturated carbocycles. The standard InChI is InChI=1S/C21H19N3O5/c1-28-17-5-7-18(8-6-17)29-20-9-4-15(13-19(20)24(26)27)12-16(14-22)21(25)23-10-2-3-11-23/h4-9,12-13H,2-3,10-11H2,1H3/b16-12+. The number of benzene rings is 2. The molecule has 1 saturated heterocycles. The van der Waals surface area contributed by atoms with Crippen LogP contribution in [-0.4, -0.2) is 35.9 Å². The molecule has 3 rings (SSSR count). The molecule has 1 heterocycles. The number of methoxy groups -OCH3 is 1. The highest BCUT2D eigenvalue weighted by atomic mass is 16.6. The summed E-state index contributed by atoms with van der Waals surface area (Å²) >= 11 is 0. The van der Waals surface area contributed by atoms with Crippen molar-refractivity contribution in [1.29, 1.82) is 5.26 Å². The fraction of sp³-hybridized carbons (Fsp3) is 0.238. The zero-order chi connectivity index (χ0) is 20.8. The maximum Gasteiger partial charge on any atom is 0.312 e. The molecule has 0 aromatic heterocycles. The number of carbonyl (C=O) groups excluding carboxylic acids is 1. The first-order valence-electron chi connectivity index (χ1n) is 9.03. The van der Waals surface area contributed by atoms with Crippen molar-refractivity contribution in [2.24, 2.45) is 0 Å². The number of nitro groups is 1. The van der Waals surface area contributed by atoms with Gasteiger partial charge in [-0.05, 0) is 54.8 Å². The first-order chi connectivity index (χ1) is 14.0. The van der Waals surface area contributed by atoms with Gasteiger partial charge in [-0.15, -0.1) is 0 Å². The maximum atomic E-state index is 12.4. The summed E-state index contributed by atoms with van der Waals surface area (Å²) in [6, 6.07) is 12.8. The molecule has 0 atom stereocenters. The summed E-state index contributed by atoms with van der Waals surface area (Å²) in [5.41, 5.74) is 0.0633. The number of likely N-dealkylation sites (tertiary alicyclic amines) is 1. The van der Waals surface area contributed by atoms with Crippen molar-refractivity contribution in [3.63, 3.8) is 0 Å². The Balaban J connectivity index is 1.87. The Labute approximate surface area is 167 Å². The Hall–Kier alpha value is -3.86. The summed E-state index contributed by atoms with van der Waals surface area (Å²) in [7, 11) is 1.54. The zero-order valence-electron chi connectivity index (χ0n) is 15.8. The number of nitrogens with zero attached hydrogens (tertiary/aromatic N) is 3. The number of nitriles is 1. The van der Waals surface area contributed by atoms with E-state index in [2.05, 4.69) is 0 Å². The van der Waals surface area contributed by atoms with Crippen LogP contribution >= 0.6 is 0 Å². The average molecular weight is 393 g/mol. The molecule has 0 unspecified atom stereocenters. The van der Waals surface area contributed by atoms with E-state index in [1.54, 1.807) is 35.2 Å². The highest BCUT2D eigenvalue weighted by Crippen LogP contribution is 2.33. The number of hydrogen-bond acceptors (Lipinski definition) is 6. The summed E-state index contributed by atoms with van der Waals surface area (Å²) < 4.78 is 10.7. The molecule has 0 spiro atoms. The van der Waals surface area contributed by atoms with Gasteiger partial charge in [-0.1, -0.05) is 6.07 Å². The molecule has 2 aromatic rings. The Bertz CT molecular complexity index is 986. The van der Waals surface area contributed by atoms with Crippen LogP contribution in [0.15, 0.2) is 48.0 Å². The third-order valence-corrected chi connectivity index (χ3v) is 4.52. The lowest BCUT2D eigenvalue weighted by Gasteiger charge is -2.14. The third-order valence-electron chi connectivity index (χ3n) is 4.52. The van der Waals surface area contributed by atoms with Gasteiger partial charge >= 0.3 is 5.69 Å². The molecule has 148 valence electrons. The van der Waals surface area contributed by atoms with E-state index in [-0.39, 0.29) is 22.9 Å². The molecule has 0 radical (unpaired) electrons. The van der Waals surface area contributed by atoms with Crippen LogP contribution in [0, 0.1) is 21.4 Å². The third kappa shape index (κ3) is 4.71. The Morgan fingerprint density at radius 1 is 1.17 bits per heavy atom. The molecule has 0 N–H and O–H groups in total. The van der Waals surface area contributed by atoms with E-state index in [0.717, 1.165) is 12.8 Å². The lowest BCUT2D eigenvalue weighted by molar-refractivity contribution is -0.385. The highest BCUT2D eigenvalue weighted by Gasteiger charge is 2.22. The number of amides is 1. The predicted octanol–water partition coefficient (Wildman–Crippen LogP) is 3.93. The molecular weight excluding hydrogens is 374 g/mol. The SMILES string of the molecule is COc1ccc(Oc2ccc(/C=C(\C#N)C(=O)N3CCCC3)cc2[N+](=O)[O-])cc1. The van der Waals surface area contributed by atoms with Crippen molar-refractivity contribution in [1.82, 2.24) is 4.90 Å². The van der Waals surface area contributed by atoms with E-state index < -0.39 is 4.92 Å². The van der Waals surface area contributed by atoms with Crippen molar-refractivity contribution < 1.29 is 19.2 Å². The van der Waals surface area contributed by atoms with Crippen molar-refractivity contribution in [3.05, 3.63) is 63.7 Å². The zero-order valence-corrected chi connectivity index (χ0v) is 15.8. The molecule has 8 heteroatoms. The van der Waals surface area contributed by atoms with Crippen molar-refractivity contribution >= 4 is 17.7 Å². The van der Waals surface area contributed by atoms with Crippen LogP contribution in [-0.2, 0) is 4.79 Å². The average Bonchev–Trinajstić information content (AvgIpc) is 3.27. The summed E-state index contributed by atoms with van der Waals surface area (Å²) in [5, 5.41) is 20.9. The summed E-state index contributed by atoms with van der Waals surface area (Å²) in [5.74, 6) is 0.756. The number of ether oxygens (including phenoxy) is 2. The molecule has 1 amide bonds. The van der Waals surface area contributed by atoms with Gasteiger partial charge in [0, 0.05) is 19.2 Å². The highest BCUT2D eigenvalue weighted by molar-refractivity contribution is 6.01. The van der Waals surface area contributed by atoms with E-state index in [0.29, 0.717) is 30.2 Å². The van der Waals surface area contributed by atoms with Gasteiger partial charge in [-0.25, -0.2) is 0 Å². The van der Waals surface area contributed by atoms with Gasteiger partial charge in [-0.3, -0.25) is 14.9 Å². The first kappa shape index (κ1) is 19.9. The Morgan fingerprint density at radius 3 is 2.41 bits per heavy atom. The monoisotopic (exact) mass is 393 g/mol. The minimum Gasteiger partial charge on any atom is -0.497 e. The Morgan fingerprint density at radius 2 is 1.83 bits per heavy atom. The van der Waals surface area contributed by atoms with Crippen LogP contribution < -0.4 is 9.47 Å². The molecule has 1 aliphatic rings. The largest absolute Gasteiger partial charge is 0.497 e. The van der Waals surface area contributed by atoms with Crippen LogP contribution in [0.25, 0.3) is 6.08 Å². The maximum absolute atomic E-state index is 12.4. The minimum atomic E-state index is -0.565.